The number of rotatable bonds is 7. The molecular weight excluding hydrogens is 398 g/mol. The van der Waals surface area contributed by atoms with E-state index in [1.54, 1.807) is 18.6 Å². The number of aromatic nitrogens is 3. The van der Waals surface area contributed by atoms with Crippen LogP contribution in [0.5, 0.6) is 0 Å². The van der Waals surface area contributed by atoms with Gasteiger partial charge in [0.15, 0.2) is 5.11 Å². The molecule has 2 atom stereocenters. The molecule has 1 aliphatic heterocycles. The molecule has 4 heterocycles. The monoisotopic (exact) mass is 421 g/mol. The molecule has 0 spiro atoms. The van der Waals surface area contributed by atoms with Crippen LogP contribution in [0, 0.1) is 0 Å². The van der Waals surface area contributed by atoms with Crippen LogP contribution in [-0.4, -0.2) is 44.2 Å². The van der Waals surface area contributed by atoms with Crippen molar-refractivity contribution in [3.63, 3.8) is 0 Å². The first-order chi connectivity index (χ1) is 14.7. The summed E-state index contributed by atoms with van der Waals surface area (Å²) in [6.07, 6.45) is 8.38. The Morgan fingerprint density at radius 3 is 2.73 bits per heavy atom. The molecule has 1 saturated heterocycles. The fourth-order valence-corrected chi connectivity index (χ4v) is 4.17. The molecule has 0 amide bonds. The van der Waals surface area contributed by atoms with Gasteiger partial charge in [-0.2, -0.15) is 0 Å². The van der Waals surface area contributed by atoms with E-state index < -0.39 is 0 Å². The van der Waals surface area contributed by atoms with Gasteiger partial charge in [-0.25, -0.2) is 0 Å². The van der Waals surface area contributed by atoms with Gasteiger partial charge in [-0.05, 0) is 55.0 Å². The van der Waals surface area contributed by atoms with Crippen LogP contribution >= 0.6 is 12.2 Å². The number of hydrogen-bond acceptors (Lipinski definition) is 5. The number of nitrogens with zero attached hydrogens (tertiary/aromatic N) is 4. The molecule has 0 unspecified atom stereocenters. The van der Waals surface area contributed by atoms with E-state index >= 15 is 0 Å². The standard InChI is InChI=1S/C22H23N5O2S/c1-29-19(28)8-5-15-27-21(20(25-22(27)30)17-6-2-3-11-24-17)18-7-4-14-26(18)16-9-12-23-13-10-16/h2-4,6-7,9-14,20-21H,5,8,15H2,1H3,(H,25,30)/t20-,21+/m1/s1. The molecule has 1 N–H and O–H groups in total. The first-order valence-electron chi connectivity index (χ1n) is 9.81. The Kier molecular flexibility index (Phi) is 6.04. The molecule has 0 saturated carbocycles. The fraction of sp³-hybridized carbons (Fsp3) is 0.273. The number of pyridine rings is 2. The SMILES string of the molecule is COC(=O)CCCN1C(=S)N[C@H](c2ccccn2)[C@@H]1c1cccn1-c1ccncc1. The zero-order chi connectivity index (χ0) is 20.9. The Hall–Kier alpha value is -3.26. The van der Waals surface area contributed by atoms with Gasteiger partial charge >= 0.3 is 5.97 Å². The summed E-state index contributed by atoms with van der Waals surface area (Å²) in [5.41, 5.74) is 3.03. The van der Waals surface area contributed by atoms with E-state index in [2.05, 4.69) is 30.8 Å². The molecule has 0 bridgehead atoms. The summed E-state index contributed by atoms with van der Waals surface area (Å²) in [5, 5.41) is 4.10. The summed E-state index contributed by atoms with van der Waals surface area (Å²) in [6, 6.07) is 13.8. The van der Waals surface area contributed by atoms with E-state index in [-0.39, 0.29) is 18.1 Å². The second-order valence-corrected chi connectivity index (χ2v) is 7.39. The summed E-state index contributed by atoms with van der Waals surface area (Å²) in [7, 11) is 1.41. The van der Waals surface area contributed by atoms with Gasteiger partial charge in [-0.15, -0.1) is 0 Å². The number of carbonyl (C=O) groups excluding carboxylic acids is 1. The Morgan fingerprint density at radius 1 is 1.17 bits per heavy atom. The normalized spacial score (nSPS) is 18.3. The summed E-state index contributed by atoms with van der Waals surface area (Å²) >= 11 is 5.69. The van der Waals surface area contributed by atoms with E-state index in [0.29, 0.717) is 24.5 Å². The average Bonchev–Trinajstić information content (AvgIpc) is 3.39. The summed E-state index contributed by atoms with van der Waals surface area (Å²) in [4.78, 5) is 22.4. The lowest BCUT2D eigenvalue weighted by atomic mass is 10.0. The van der Waals surface area contributed by atoms with Crippen molar-refractivity contribution in [2.75, 3.05) is 13.7 Å². The first-order valence-corrected chi connectivity index (χ1v) is 10.2. The third-order valence-corrected chi connectivity index (χ3v) is 5.58. The van der Waals surface area contributed by atoms with E-state index in [1.807, 2.05) is 42.6 Å². The van der Waals surface area contributed by atoms with Gasteiger partial charge < -0.3 is 19.5 Å². The number of esters is 1. The molecule has 1 fully saturated rings. The molecular formula is C22H23N5O2S. The van der Waals surface area contributed by atoms with Crippen LogP contribution in [0.1, 0.15) is 36.3 Å². The molecule has 154 valence electrons. The highest BCUT2D eigenvalue weighted by Crippen LogP contribution is 2.39. The van der Waals surface area contributed by atoms with Crippen molar-refractivity contribution in [2.24, 2.45) is 0 Å². The van der Waals surface area contributed by atoms with Crippen LogP contribution in [0.3, 0.4) is 0 Å². The predicted molar refractivity (Wildman–Crippen MR) is 117 cm³/mol. The van der Waals surface area contributed by atoms with Gasteiger partial charge in [-0.1, -0.05) is 6.07 Å². The van der Waals surface area contributed by atoms with Crippen LogP contribution in [-0.2, 0) is 9.53 Å². The maximum atomic E-state index is 11.6. The first kappa shape index (κ1) is 20.0. The zero-order valence-corrected chi connectivity index (χ0v) is 17.5. The predicted octanol–water partition coefficient (Wildman–Crippen LogP) is 3.19. The van der Waals surface area contributed by atoms with E-state index in [0.717, 1.165) is 17.1 Å². The minimum Gasteiger partial charge on any atom is -0.469 e. The Morgan fingerprint density at radius 2 is 2.00 bits per heavy atom. The molecule has 0 aromatic carbocycles. The molecule has 7 nitrogen and oxygen atoms in total. The lowest BCUT2D eigenvalue weighted by Crippen LogP contribution is -2.31. The second kappa shape index (κ2) is 9.04. The van der Waals surface area contributed by atoms with Gasteiger partial charge in [0.1, 0.15) is 0 Å². The molecule has 30 heavy (non-hydrogen) atoms. The topological polar surface area (TPSA) is 72.3 Å². The number of carbonyl (C=O) groups is 1. The second-order valence-electron chi connectivity index (χ2n) is 7.01. The van der Waals surface area contributed by atoms with Gasteiger partial charge in [0.2, 0.25) is 0 Å². The van der Waals surface area contributed by atoms with Crippen molar-refractivity contribution in [3.8, 4) is 5.69 Å². The van der Waals surface area contributed by atoms with Crippen molar-refractivity contribution >= 4 is 23.3 Å². The number of thiocarbonyl (C=S) groups is 1. The summed E-state index contributed by atoms with van der Waals surface area (Å²) in [6.45, 7) is 0.635. The quantitative estimate of drug-likeness (QED) is 0.464. The largest absolute Gasteiger partial charge is 0.469 e. The smallest absolute Gasteiger partial charge is 0.305 e. The van der Waals surface area contributed by atoms with Crippen molar-refractivity contribution in [3.05, 3.63) is 78.6 Å². The third kappa shape index (κ3) is 4.04. The van der Waals surface area contributed by atoms with Crippen molar-refractivity contribution in [1.82, 2.24) is 24.8 Å². The molecule has 4 rings (SSSR count). The van der Waals surface area contributed by atoms with Gasteiger partial charge in [0.05, 0.1) is 24.9 Å². The third-order valence-electron chi connectivity index (χ3n) is 5.23. The van der Waals surface area contributed by atoms with E-state index in [9.17, 15) is 4.79 Å². The Balaban J connectivity index is 1.70. The molecule has 3 aromatic heterocycles. The highest BCUT2D eigenvalue weighted by atomic mass is 32.1. The van der Waals surface area contributed by atoms with Gasteiger partial charge in [0, 0.05) is 49.1 Å². The minimum atomic E-state index is -0.217. The molecule has 0 radical (unpaired) electrons. The van der Waals surface area contributed by atoms with Crippen molar-refractivity contribution in [2.45, 2.75) is 24.9 Å². The Labute approximate surface area is 180 Å². The van der Waals surface area contributed by atoms with Gasteiger partial charge in [-0.3, -0.25) is 14.8 Å². The van der Waals surface area contributed by atoms with E-state index in [1.165, 1.54) is 7.11 Å². The number of methoxy groups -OCH3 is 1. The molecule has 1 aliphatic rings. The fourth-order valence-electron chi connectivity index (χ4n) is 3.84. The molecule has 0 aliphatic carbocycles. The van der Waals surface area contributed by atoms with E-state index in [4.69, 9.17) is 17.0 Å². The lowest BCUT2D eigenvalue weighted by Gasteiger charge is -2.28. The van der Waals surface area contributed by atoms with Crippen LogP contribution in [0.25, 0.3) is 5.69 Å². The van der Waals surface area contributed by atoms with Crippen LogP contribution in [0.4, 0.5) is 0 Å². The molecule has 3 aromatic rings. The maximum absolute atomic E-state index is 11.6. The highest BCUT2D eigenvalue weighted by Gasteiger charge is 2.41. The van der Waals surface area contributed by atoms with Crippen molar-refractivity contribution < 1.29 is 9.53 Å². The van der Waals surface area contributed by atoms with Crippen LogP contribution in [0.2, 0.25) is 0 Å². The summed E-state index contributed by atoms with van der Waals surface area (Å²) < 4.78 is 6.93. The minimum absolute atomic E-state index is 0.0757. The zero-order valence-electron chi connectivity index (χ0n) is 16.6. The van der Waals surface area contributed by atoms with Crippen LogP contribution in [0.15, 0.2) is 67.3 Å². The number of nitrogens with one attached hydrogen (secondary N) is 1. The average molecular weight is 422 g/mol. The highest BCUT2D eigenvalue weighted by molar-refractivity contribution is 7.80. The number of ether oxygens (including phenoxy) is 1. The van der Waals surface area contributed by atoms with Crippen LogP contribution < -0.4 is 5.32 Å². The maximum Gasteiger partial charge on any atom is 0.305 e. The number of hydrogen-bond donors (Lipinski definition) is 1. The lowest BCUT2D eigenvalue weighted by molar-refractivity contribution is -0.140. The summed E-state index contributed by atoms with van der Waals surface area (Å²) in [5.74, 6) is -0.217. The molecule has 8 heteroatoms. The van der Waals surface area contributed by atoms with Crippen molar-refractivity contribution in [1.29, 1.82) is 0 Å². The van der Waals surface area contributed by atoms with Gasteiger partial charge in [0.25, 0.3) is 0 Å². The Bertz CT molecular complexity index is 1010.